The van der Waals surface area contributed by atoms with Crippen LogP contribution in [0.4, 0.5) is 18.9 Å². The van der Waals surface area contributed by atoms with Gasteiger partial charge in [0.25, 0.3) is 5.91 Å². The zero-order valence-corrected chi connectivity index (χ0v) is 15.0. The Bertz CT molecular complexity index is 887. The Morgan fingerprint density at radius 3 is 2.43 bits per heavy atom. The third-order valence-electron chi connectivity index (χ3n) is 4.31. The van der Waals surface area contributed by atoms with E-state index < -0.39 is 35.4 Å². The minimum absolute atomic E-state index is 0.158. The monoisotopic (exact) mass is 396 g/mol. The number of piperidine rings is 1. The number of nitrogens with one attached hydrogen (secondary N) is 1. The van der Waals surface area contributed by atoms with Crippen molar-refractivity contribution in [2.45, 2.75) is 25.8 Å². The first kappa shape index (κ1) is 19.9. The normalized spacial score (nSPS) is 14.7. The van der Waals surface area contributed by atoms with E-state index in [1.165, 1.54) is 12.5 Å². The highest BCUT2D eigenvalue weighted by Gasteiger charge is 2.15. The molecule has 6 nitrogen and oxygen atoms in total. The van der Waals surface area contributed by atoms with Crippen molar-refractivity contribution >= 4 is 11.6 Å². The minimum Gasteiger partial charge on any atom is -0.477 e. The van der Waals surface area contributed by atoms with E-state index in [-0.39, 0.29) is 11.4 Å². The number of ether oxygens (including phenoxy) is 1. The van der Waals surface area contributed by atoms with Crippen molar-refractivity contribution in [3.05, 3.63) is 57.9 Å². The molecule has 1 amide bonds. The second kappa shape index (κ2) is 8.92. The lowest BCUT2D eigenvalue weighted by Gasteiger charge is -2.25. The van der Waals surface area contributed by atoms with Crippen LogP contribution in [0.1, 0.15) is 25.0 Å². The van der Waals surface area contributed by atoms with Crippen molar-refractivity contribution in [3.8, 4) is 5.75 Å². The molecule has 0 saturated carbocycles. The van der Waals surface area contributed by atoms with Crippen LogP contribution in [-0.4, -0.2) is 30.5 Å². The van der Waals surface area contributed by atoms with Gasteiger partial charge in [-0.3, -0.25) is 14.5 Å². The summed E-state index contributed by atoms with van der Waals surface area (Å²) in [7, 11) is 0. The fourth-order valence-electron chi connectivity index (χ4n) is 2.93. The van der Waals surface area contributed by atoms with Crippen LogP contribution >= 0.6 is 0 Å². The van der Waals surface area contributed by atoms with Gasteiger partial charge < -0.3 is 14.5 Å². The Hall–Kier alpha value is -2.81. The van der Waals surface area contributed by atoms with Gasteiger partial charge in [0.05, 0.1) is 6.54 Å². The summed E-state index contributed by atoms with van der Waals surface area (Å²) in [5.41, 5.74) is -0.709. The molecule has 0 spiro atoms. The van der Waals surface area contributed by atoms with E-state index in [2.05, 4.69) is 10.2 Å². The van der Waals surface area contributed by atoms with Crippen LogP contribution in [0.2, 0.25) is 0 Å². The van der Waals surface area contributed by atoms with Gasteiger partial charge in [-0.05, 0) is 25.9 Å². The summed E-state index contributed by atoms with van der Waals surface area (Å²) in [6, 6.07) is 2.59. The number of nitrogens with zero attached hydrogens (tertiary/aromatic N) is 1. The molecular formula is C19H19F3N2O4. The number of amides is 1. The predicted octanol–water partition coefficient (Wildman–Crippen LogP) is 3.06. The van der Waals surface area contributed by atoms with E-state index in [1.807, 2.05) is 0 Å². The molecule has 0 atom stereocenters. The number of rotatable bonds is 6. The average Bonchev–Trinajstić information content (AvgIpc) is 2.66. The molecule has 3 rings (SSSR count). The molecule has 2 heterocycles. The van der Waals surface area contributed by atoms with Crippen molar-refractivity contribution < 1.29 is 27.1 Å². The summed E-state index contributed by atoms with van der Waals surface area (Å²) in [6.45, 7) is 1.84. The molecule has 0 unspecified atom stereocenters. The van der Waals surface area contributed by atoms with E-state index in [9.17, 15) is 22.8 Å². The Morgan fingerprint density at radius 1 is 1.11 bits per heavy atom. The molecule has 0 radical (unpaired) electrons. The summed E-state index contributed by atoms with van der Waals surface area (Å²) in [4.78, 5) is 26.1. The van der Waals surface area contributed by atoms with E-state index in [4.69, 9.17) is 9.15 Å². The van der Waals surface area contributed by atoms with Crippen molar-refractivity contribution in [2.24, 2.45) is 0 Å². The molecule has 0 bridgehead atoms. The van der Waals surface area contributed by atoms with Gasteiger partial charge in [0.2, 0.25) is 11.2 Å². The highest BCUT2D eigenvalue weighted by Crippen LogP contribution is 2.17. The molecule has 28 heavy (non-hydrogen) atoms. The summed E-state index contributed by atoms with van der Waals surface area (Å²) in [5.74, 6) is -4.92. The lowest BCUT2D eigenvalue weighted by atomic mass is 10.1. The molecule has 1 fully saturated rings. The first-order valence-electron chi connectivity index (χ1n) is 8.83. The fraction of sp³-hybridized carbons (Fsp3) is 0.368. The fourth-order valence-corrected chi connectivity index (χ4v) is 2.93. The number of carbonyl (C=O) groups excluding carboxylic acids is 1. The molecule has 150 valence electrons. The maximum Gasteiger partial charge on any atom is 0.262 e. The topological polar surface area (TPSA) is 71.8 Å². The summed E-state index contributed by atoms with van der Waals surface area (Å²) in [5, 5.41) is 2.16. The van der Waals surface area contributed by atoms with Gasteiger partial charge in [0.15, 0.2) is 24.1 Å². The molecule has 1 aliphatic rings. The Morgan fingerprint density at radius 2 is 1.79 bits per heavy atom. The molecule has 2 aromatic rings. The third-order valence-corrected chi connectivity index (χ3v) is 4.31. The minimum atomic E-state index is -1.63. The van der Waals surface area contributed by atoms with Gasteiger partial charge in [-0.1, -0.05) is 6.42 Å². The van der Waals surface area contributed by atoms with Gasteiger partial charge in [0.1, 0.15) is 12.0 Å². The number of benzene rings is 1. The van der Waals surface area contributed by atoms with Crippen LogP contribution in [0.25, 0.3) is 0 Å². The number of likely N-dealkylation sites (tertiary alicyclic amines) is 1. The Balaban J connectivity index is 1.55. The number of anilines is 1. The lowest BCUT2D eigenvalue weighted by Crippen LogP contribution is -2.29. The largest absolute Gasteiger partial charge is 0.477 e. The molecule has 1 aromatic heterocycles. The second-order valence-electron chi connectivity index (χ2n) is 6.50. The summed E-state index contributed by atoms with van der Waals surface area (Å²) in [6.07, 6.45) is 4.56. The zero-order chi connectivity index (χ0) is 20.1. The standard InChI is InChI=1S/C19H19F3N2O4/c20-14-6-12(7-15(21)19(14)22)23-18(26)11-28-17-10-27-13(8-16(17)25)9-24-4-2-1-3-5-24/h6-8,10H,1-5,9,11H2,(H,23,26). The van der Waals surface area contributed by atoms with Gasteiger partial charge >= 0.3 is 0 Å². The molecule has 9 heteroatoms. The smallest absolute Gasteiger partial charge is 0.262 e. The first-order chi connectivity index (χ1) is 13.4. The van der Waals surface area contributed by atoms with Gasteiger partial charge in [-0.2, -0.15) is 0 Å². The highest BCUT2D eigenvalue weighted by molar-refractivity contribution is 5.91. The second-order valence-corrected chi connectivity index (χ2v) is 6.50. The highest BCUT2D eigenvalue weighted by atomic mass is 19.2. The molecule has 1 aromatic carbocycles. The maximum absolute atomic E-state index is 13.1. The van der Waals surface area contributed by atoms with Gasteiger partial charge in [-0.25, -0.2) is 13.2 Å². The molecule has 1 aliphatic heterocycles. The lowest BCUT2D eigenvalue weighted by molar-refractivity contribution is -0.118. The molecule has 0 aliphatic carbocycles. The maximum atomic E-state index is 13.1. The molecule has 1 N–H and O–H groups in total. The van der Waals surface area contributed by atoms with Crippen LogP contribution < -0.4 is 15.5 Å². The van der Waals surface area contributed by atoms with Crippen LogP contribution in [0, 0.1) is 17.5 Å². The number of carbonyl (C=O) groups is 1. The van der Waals surface area contributed by atoms with Crippen LogP contribution in [0.15, 0.2) is 33.7 Å². The summed E-state index contributed by atoms with van der Waals surface area (Å²) < 4.78 is 49.7. The predicted molar refractivity (Wildman–Crippen MR) is 94.5 cm³/mol. The van der Waals surface area contributed by atoms with Crippen molar-refractivity contribution in [1.82, 2.24) is 4.90 Å². The number of halogens is 3. The van der Waals surface area contributed by atoms with Crippen LogP contribution in [0.3, 0.4) is 0 Å². The SMILES string of the molecule is O=C(COc1coc(CN2CCCCC2)cc1=O)Nc1cc(F)c(F)c(F)c1. The van der Waals surface area contributed by atoms with Crippen LogP contribution in [-0.2, 0) is 11.3 Å². The third kappa shape index (κ3) is 5.13. The average molecular weight is 396 g/mol. The van der Waals surface area contributed by atoms with Crippen LogP contribution in [0.5, 0.6) is 5.75 Å². The zero-order valence-electron chi connectivity index (χ0n) is 15.0. The van der Waals surface area contributed by atoms with E-state index >= 15 is 0 Å². The number of hydrogen-bond acceptors (Lipinski definition) is 5. The molecular weight excluding hydrogens is 377 g/mol. The summed E-state index contributed by atoms with van der Waals surface area (Å²) >= 11 is 0. The van der Waals surface area contributed by atoms with Gasteiger partial charge in [0, 0.05) is 23.9 Å². The van der Waals surface area contributed by atoms with Crippen molar-refractivity contribution in [3.63, 3.8) is 0 Å². The van der Waals surface area contributed by atoms with Crippen molar-refractivity contribution in [1.29, 1.82) is 0 Å². The molecule has 1 saturated heterocycles. The Labute approximate surface area is 158 Å². The van der Waals surface area contributed by atoms with Crippen molar-refractivity contribution in [2.75, 3.05) is 25.0 Å². The van der Waals surface area contributed by atoms with E-state index in [0.717, 1.165) is 32.2 Å². The van der Waals surface area contributed by atoms with E-state index in [0.29, 0.717) is 24.4 Å². The number of hydrogen-bond donors (Lipinski definition) is 1. The van der Waals surface area contributed by atoms with Gasteiger partial charge in [-0.15, -0.1) is 0 Å². The quantitative estimate of drug-likeness (QED) is 0.760. The first-order valence-corrected chi connectivity index (χ1v) is 8.83. The Kier molecular flexibility index (Phi) is 6.35. The van der Waals surface area contributed by atoms with E-state index in [1.54, 1.807) is 0 Å².